The molecule has 1 heterocycles. The Labute approximate surface area is 230 Å². The van der Waals surface area contributed by atoms with E-state index in [2.05, 4.69) is 53.3 Å². The van der Waals surface area contributed by atoms with Crippen molar-refractivity contribution in [3.63, 3.8) is 0 Å². The van der Waals surface area contributed by atoms with Crippen LogP contribution in [0.2, 0.25) is 0 Å². The molecule has 11 heteroatoms. The van der Waals surface area contributed by atoms with Gasteiger partial charge in [-0.2, -0.15) is 0 Å². The van der Waals surface area contributed by atoms with E-state index in [-0.39, 0.29) is 34.3 Å². The number of aromatic amines is 1. The van der Waals surface area contributed by atoms with Crippen LogP contribution in [0.15, 0.2) is 23.5 Å². The highest BCUT2D eigenvalue weighted by molar-refractivity contribution is 5.87. The van der Waals surface area contributed by atoms with Gasteiger partial charge in [-0.1, -0.05) is 27.4 Å². The van der Waals surface area contributed by atoms with Crippen molar-refractivity contribution in [3.8, 4) is 0 Å². The number of aromatic nitrogens is 2. The van der Waals surface area contributed by atoms with Gasteiger partial charge in [0, 0.05) is 30.4 Å². The number of hydrogen-bond acceptors (Lipinski definition) is 7. The number of hydrogen-bond donors (Lipinski definition) is 4. The predicted octanol–water partition coefficient (Wildman–Crippen LogP) is 3.59. The third-order valence-electron chi connectivity index (χ3n) is 7.08. The minimum Gasteiger partial charge on any atom is -0.454 e. The highest BCUT2D eigenvalue weighted by Crippen LogP contribution is 2.46. The molecule has 1 fully saturated rings. The Morgan fingerprint density at radius 3 is 2.46 bits per heavy atom. The fraction of sp³-hybridized carbons (Fsp3) is 0.679. The first-order valence-corrected chi connectivity index (χ1v) is 13.2. The van der Waals surface area contributed by atoms with Crippen LogP contribution in [0.25, 0.3) is 0 Å². The number of nitrogens with one attached hydrogen (secondary N) is 4. The van der Waals surface area contributed by atoms with Gasteiger partial charge < -0.3 is 20.1 Å². The molecule has 0 radical (unpaired) electrons. The maximum Gasteiger partial charge on any atom is 0.330 e. The van der Waals surface area contributed by atoms with Gasteiger partial charge in [0.1, 0.15) is 11.2 Å². The van der Waals surface area contributed by atoms with E-state index < -0.39 is 29.3 Å². The fourth-order valence-corrected chi connectivity index (χ4v) is 5.33. The molecule has 1 aromatic rings. The van der Waals surface area contributed by atoms with E-state index in [4.69, 9.17) is 9.47 Å². The Bertz CT molecular complexity index is 1140. The Morgan fingerprint density at radius 2 is 1.87 bits per heavy atom. The second-order valence-corrected chi connectivity index (χ2v) is 12.8. The summed E-state index contributed by atoms with van der Waals surface area (Å²) >= 11 is 0. The van der Waals surface area contributed by atoms with Crippen molar-refractivity contribution in [2.75, 3.05) is 11.9 Å². The summed E-state index contributed by atoms with van der Waals surface area (Å²) in [7, 11) is 0. The lowest BCUT2D eigenvalue weighted by Gasteiger charge is -2.47. The quantitative estimate of drug-likeness (QED) is 0.258. The van der Waals surface area contributed by atoms with E-state index in [0.717, 1.165) is 18.9 Å². The van der Waals surface area contributed by atoms with Gasteiger partial charge in [-0.05, 0) is 71.6 Å². The van der Waals surface area contributed by atoms with Crippen LogP contribution in [-0.4, -0.2) is 57.8 Å². The molecule has 0 aliphatic heterocycles. The van der Waals surface area contributed by atoms with Crippen molar-refractivity contribution in [1.29, 1.82) is 0 Å². The first-order valence-electron chi connectivity index (χ1n) is 13.2. The van der Waals surface area contributed by atoms with Crippen molar-refractivity contribution in [2.24, 2.45) is 10.8 Å². The number of amides is 3. The van der Waals surface area contributed by atoms with E-state index >= 15 is 0 Å². The number of esters is 1. The van der Waals surface area contributed by atoms with Crippen molar-refractivity contribution in [1.82, 2.24) is 20.6 Å². The second kappa shape index (κ2) is 11.9. The smallest absolute Gasteiger partial charge is 0.330 e. The van der Waals surface area contributed by atoms with Gasteiger partial charge in [-0.25, -0.2) is 14.6 Å². The third kappa shape index (κ3) is 9.49. The molecule has 3 atom stereocenters. The summed E-state index contributed by atoms with van der Waals surface area (Å²) in [5, 5.41) is 8.61. The molecule has 3 unspecified atom stereocenters. The van der Waals surface area contributed by atoms with Gasteiger partial charge in [0.15, 0.2) is 0 Å². The Kier molecular flexibility index (Phi) is 9.76. The van der Waals surface area contributed by atoms with Gasteiger partial charge in [0.05, 0.1) is 6.10 Å². The van der Waals surface area contributed by atoms with Crippen LogP contribution in [0, 0.1) is 17.8 Å². The number of anilines is 1. The van der Waals surface area contributed by atoms with Gasteiger partial charge in [0.2, 0.25) is 5.95 Å². The van der Waals surface area contributed by atoms with Crippen LogP contribution < -0.4 is 21.5 Å². The molecule has 0 bridgehead atoms. The van der Waals surface area contributed by atoms with E-state index in [1.165, 1.54) is 6.07 Å². The molecule has 1 aliphatic carbocycles. The maximum atomic E-state index is 13.3. The van der Waals surface area contributed by atoms with Gasteiger partial charge in [-0.3, -0.25) is 19.9 Å². The molecule has 39 heavy (non-hydrogen) atoms. The number of ether oxygens (including phenoxy) is 2. The predicted molar refractivity (Wildman–Crippen MR) is 149 cm³/mol. The summed E-state index contributed by atoms with van der Waals surface area (Å²) in [5.41, 5.74) is -2.40. The van der Waals surface area contributed by atoms with E-state index in [1.807, 2.05) is 0 Å². The average Bonchev–Trinajstić information content (AvgIpc) is 2.75. The zero-order chi connectivity index (χ0) is 29.8. The zero-order valence-corrected chi connectivity index (χ0v) is 24.7. The summed E-state index contributed by atoms with van der Waals surface area (Å²) in [6, 6.07) is 0.724. The van der Waals surface area contributed by atoms with Gasteiger partial charge in [0.25, 0.3) is 11.5 Å². The van der Waals surface area contributed by atoms with E-state index in [1.54, 1.807) is 41.5 Å². The molecule has 1 aliphatic rings. The summed E-state index contributed by atoms with van der Waals surface area (Å²) in [6.45, 7) is 20.4. The highest BCUT2D eigenvalue weighted by Gasteiger charge is 2.44. The lowest BCUT2D eigenvalue weighted by atomic mass is 9.62. The molecule has 11 nitrogen and oxygen atoms in total. The molecule has 2 rings (SSSR count). The molecule has 3 amide bonds. The lowest BCUT2D eigenvalue weighted by Crippen LogP contribution is -2.56. The number of urea groups is 1. The van der Waals surface area contributed by atoms with Crippen LogP contribution in [0.5, 0.6) is 0 Å². The highest BCUT2D eigenvalue weighted by atomic mass is 16.6. The molecule has 218 valence electrons. The Balaban J connectivity index is 2.03. The third-order valence-corrected chi connectivity index (χ3v) is 7.08. The van der Waals surface area contributed by atoms with Crippen molar-refractivity contribution in [3.05, 3.63) is 34.8 Å². The Hall–Kier alpha value is -3.21. The number of carbonyl (C=O) groups excluding carboxylic acids is 3. The van der Waals surface area contributed by atoms with Crippen LogP contribution in [0.1, 0.15) is 80.3 Å². The molecular formula is C28H45N5O6. The number of carbonyl (C=O) groups is 3. The average molecular weight is 548 g/mol. The summed E-state index contributed by atoms with van der Waals surface area (Å²) < 4.78 is 11.5. The fourth-order valence-electron chi connectivity index (χ4n) is 5.33. The van der Waals surface area contributed by atoms with E-state index in [9.17, 15) is 19.2 Å². The first kappa shape index (κ1) is 32.0. The molecule has 0 saturated heterocycles. The van der Waals surface area contributed by atoms with Crippen molar-refractivity contribution >= 4 is 23.9 Å². The number of H-pyrrole nitrogens is 1. The molecular weight excluding hydrogens is 502 g/mol. The summed E-state index contributed by atoms with van der Waals surface area (Å²) in [6.07, 6.45) is 2.77. The van der Waals surface area contributed by atoms with Crippen LogP contribution in [0.4, 0.5) is 10.7 Å². The number of rotatable bonds is 10. The normalized spacial score (nSPS) is 21.8. The zero-order valence-electron chi connectivity index (χ0n) is 24.7. The topological polar surface area (TPSA) is 152 Å². The lowest BCUT2D eigenvalue weighted by molar-refractivity contribution is -0.185. The standard InChI is InChI=1S/C28H45N5O6/c1-11-21(35)39-26(6,7)18(3)38-27(8,9)22(36)31-19-13-25(4,5)15-28(10,14-19)16-29-24(37)33-23-30-17(2)12-20(34)32-23/h11-12,18-19H,1,13-16H2,2-10H3,(H,31,36)(H3,29,30,32,33,34,37). The minimum absolute atomic E-state index is 0.0793. The van der Waals surface area contributed by atoms with Crippen molar-refractivity contribution in [2.45, 2.75) is 105 Å². The van der Waals surface area contributed by atoms with Gasteiger partial charge >= 0.3 is 12.0 Å². The Morgan fingerprint density at radius 1 is 1.23 bits per heavy atom. The summed E-state index contributed by atoms with van der Waals surface area (Å²) in [4.78, 5) is 55.8. The summed E-state index contributed by atoms with van der Waals surface area (Å²) in [5.74, 6) is -0.756. The van der Waals surface area contributed by atoms with Crippen LogP contribution >= 0.6 is 0 Å². The van der Waals surface area contributed by atoms with Crippen LogP contribution in [0.3, 0.4) is 0 Å². The molecule has 1 aromatic heterocycles. The molecule has 4 N–H and O–H groups in total. The maximum absolute atomic E-state index is 13.3. The minimum atomic E-state index is -1.19. The molecule has 0 aromatic carbocycles. The monoisotopic (exact) mass is 547 g/mol. The SMILES string of the molecule is C=CC(=O)OC(C)(C)C(C)OC(C)(C)C(=O)NC1CC(C)(C)CC(C)(CNC(=O)Nc2nc(C)cc(=O)[nH]2)C1. The van der Waals surface area contributed by atoms with Crippen LogP contribution in [-0.2, 0) is 19.1 Å². The molecule has 0 spiro atoms. The largest absolute Gasteiger partial charge is 0.454 e. The number of nitrogens with zero attached hydrogens (tertiary/aromatic N) is 1. The first-order chi connectivity index (χ1) is 17.8. The molecule has 1 saturated carbocycles. The van der Waals surface area contributed by atoms with Gasteiger partial charge in [-0.15, -0.1) is 0 Å². The second-order valence-electron chi connectivity index (χ2n) is 12.8. The number of aryl methyl sites for hydroxylation is 1. The van der Waals surface area contributed by atoms with E-state index in [0.29, 0.717) is 18.7 Å². The van der Waals surface area contributed by atoms with Crippen molar-refractivity contribution < 1.29 is 23.9 Å².